The van der Waals surface area contributed by atoms with Crippen molar-refractivity contribution in [3.8, 4) is 11.5 Å². The van der Waals surface area contributed by atoms with E-state index in [9.17, 15) is 14.7 Å². The molecule has 0 bridgehead atoms. The lowest BCUT2D eigenvalue weighted by Crippen LogP contribution is -2.32. The molecular formula is C18H19N3O4. The van der Waals surface area contributed by atoms with Gasteiger partial charge in [0, 0.05) is 5.69 Å². The molecule has 0 aliphatic carbocycles. The normalized spacial score (nSPS) is 10.5. The van der Waals surface area contributed by atoms with Gasteiger partial charge in [0.1, 0.15) is 0 Å². The fourth-order valence-corrected chi connectivity index (χ4v) is 2.23. The number of aryl methyl sites for hydroxylation is 2. The fourth-order valence-electron chi connectivity index (χ4n) is 2.23. The maximum atomic E-state index is 11.9. The molecule has 2 rings (SSSR count). The van der Waals surface area contributed by atoms with Crippen LogP contribution >= 0.6 is 0 Å². The molecule has 7 nitrogen and oxygen atoms in total. The first-order valence-corrected chi connectivity index (χ1v) is 7.48. The number of nitrogens with one attached hydrogen (secondary N) is 2. The van der Waals surface area contributed by atoms with Crippen molar-refractivity contribution in [2.45, 2.75) is 13.8 Å². The van der Waals surface area contributed by atoms with E-state index in [2.05, 4.69) is 15.8 Å². The van der Waals surface area contributed by atoms with Crippen LogP contribution in [-0.4, -0.2) is 30.2 Å². The molecule has 2 amide bonds. The van der Waals surface area contributed by atoms with E-state index in [0.29, 0.717) is 11.3 Å². The maximum absolute atomic E-state index is 11.9. The summed E-state index contributed by atoms with van der Waals surface area (Å²) in [6, 6.07) is 10.1. The number of rotatable bonds is 4. The third-order valence-corrected chi connectivity index (χ3v) is 3.27. The van der Waals surface area contributed by atoms with Crippen molar-refractivity contribution in [1.29, 1.82) is 0 Å². The maximum Gasteiger partial charge on any atom is 0.329 e. The Balaban J connectivity index is 1.96. The van der Waals surface area contributed by atoms with Crippen LogP contribution in [0.5, 0.6) is 11.5 Å². The number of carbonyl (C=O) groups excluding carboxylic acids is 2. The molecular weight excluding hydrogens is 322 g/mol. The SMILES string of the molecule is COc1cc(/C=N\NC(=O)C(=O)Nc2cc(C)cc(C)c2)ccc1O. The van der Waals surface area contributed by atoms with Gasteiger partial charge in [0.05, 0.1) is 13.3 Å². The fraction of sp³-hybridized carbons (Fsp3) is 0.167. The number of phenolic OH excluding ortho intramolecular Hbond substituents is 1. The lowest BCUT2D eigenvalue weighted by Gasteiger charge is -2.06. The van der Waals surface area contributed by atoms with E-state index < -0.39 is 11.8 Å². The molecule has 130 valence electrons. The second-order valence-electron chi connectivity index (χ2n) is 5.46. The number of phenols is 1. The molecule has 3 N–H and O–H groups in total. The molecule has 2 aromatic rings. The number of hydrogen-bond acceptors (Lipinski definition) is 5. The van der Waals surface area contributed by atoms with Gasteiger partial charge >= 0.3 is 11.8 Å². The summed E-state index contributed by atoms with van der Waals surface area (Å²) in [4.78, 5) is 23.7. The largest absolute Gasteiger partial charge is 0.504 e. The van der Waals surface area contributed by atoms with E-state index in [1.165, 1.54) is 19.4 Å². The van der Waals surface area contributed by atoms with Gasteiger partial charge in [-0.1, -0.05) is 6.07 Å². The highest BCUT2D eigenvalue weighted by atomic mass is 16.5. The highest BCUT2D eigenvalue weighted by Gasteiger charge is 2.13. The Hall–Kier alpha value is -3.35. The molecule has 25 heavy (non-hydrogen) atoms. The first-order valence-electron chi connectivity index (χ1n) is 7.48. The number of hydrazone groups is 1. The number of aromatic hydroxyl groups is 1. The minimum Gasteiger partial charge on any atom is -0.504 e. The second kappa shape index (κ2) is 7.96. The number of methoxy groups -OCH3 is 1. The molecule has 0 atom stereocenters. The van der Waals surface area contributed by atoms with E-state index >= 15 is 0 Å². The van der Waals surface area contributed by atoms with Crippen LogP contribution in [0, 0.1) is 13.8 Å². The van der Waals surface area contributed by atoms with Gasteiger partial charge in [-0.3, -0.25) is 9.59 Å². The Kier molecular flexibility index (Phi) is 5.73. The summed E-state index contributed by atoms with van der Waals surface area (Å²) < 4.78 is 4.97. The lowest BCUT2D eigenvalue weighted by atomic mass is 10.1. The minimum atomic E-state index is -0.888. The van der Waals surface area contributed by atoms with Crippen LogP contribution in [0.2, 0.25) is 0 Å². The molecule has 0 unspecified atom stereocenters. The number of nitrogens with zero attached hydrogens (tertiary/aromatic N) is 1. The summed E-state index contributed by atoms with van der Waals surface area (Å²) in [6.07, 6.45) is 1.34. The number of carbonyl (C=O) groups is 2. The third-order valence-electron chi connectivity index (χ3n) is 3.27. The van der Waals surface area contributed by atoms with E-state index in [4.69, 9.17) is 4.74 Å². The molecule has 7 heteroatoms. The Morgan fingerprint density at radius 3 is 2.40 bits per heavy atom. The van der Waals surface area contributed by atoms with Crippen LogP contribution in [0.25, 0.3) is 0 Å². The molecule has 0 saturated heterocycles. The molecule has 0 fully saturated rings. The van der Waals surface area contributed by atoms with Gasteiger partial charge < -0.3 is 15.2 Å². The van der Waals surface area contributed by atoms with E-state index in [1.54, 1.807) is 24.3 Å². The van der Waals surface area contributed by atoms with Crippen molar-refractivity contribution in [2.75, 3.05) is 12.4 Å². The molecule has 0 aromatic heterocycles. The predicted octanol–water partition coefficient (Wildman–Crippen LogP) is 2.11. The van der Waals surface area contributed by atoms with Gasteiger partial charge in [-0.05, 0) is 60.9 Å². The summed E-state index contributed by atoms with van der Waals surface area (Å²) in [7, 11) is 1.43. The predicted molar refractivity (Wildman–Crippen MR) is 94.9 cm³/mol. The zero-order chi connectivity index (χ0) is 18.4. The highest BCUT2D eigenvalue weighted by molar-refractivity contribution is 6.39. The van der Waals surface area contributed by atoms with Crippen LogP contribution in [-0.2, 0) is 9.59 Å². The average Bonchev–Trinajstić information content (AvgIpc) is 2.55. The van der Waals surface area contributed by atoms with E-state index in [-0.39, 0.29) is 11.5 Å². The highest BCUT2D eigenvalue weighted by Crippen LogP contribution is 2.25. The standard InChI is InChI=1S/C18H19N3O4/c1-11-6-12(2)8-14(7-11)20-17(23)18(24)21-19-10-13-4-5-15(22)16(9-13)25-3/h4-10,22H,1-3H3,(H,20,23)(H,21,24)/b19-10-. The van der Waals surface area contributed by atoms with Crippen LogP contribution in [0.15, 0.2) is 41.5 Å². The minimum absolute atomic E-state index is 0.00323. The number of amides is 2. The molecule has 0 spiro atoms. The smallest absolute Gasteiger partial charge is 0.329 e. The van der Waals surface area contributed by atoms with Gasteiger partial charge in [0.2, 0.25) is 0 Å². The van der Waals surface area contributed by atoms with Gasteiger partial charge in [0.25, 0.3) is 0 Å². The zero-order valence-corrected chi connectivity index (χ0v) is 14.2. The Morgan fingerprint density at radius 1 is 1.08 bits per heavy atom. The first-order chi connectivity index (χ1) is 11.9. The average molecular weight is 341 g/mol. The van der Waals surface area contributed by atoms with Gasteiger partial charge in [-0.25, -0.2) is 5.43 Å². The summed E-state index contributed by atoms with van der Waals surface area (Å²) in [5.74, 6) is -1.43. The van der Waals surface area contributed by atoms with Crippen molar-refractivity contribution in [3.63, 3.8) is 0 Å². The van der Waals surface area contributed by atoms with Crippen molar-refractivity contribution in [3.05, 3.63) is 53.1 Å². The van der Waals surface area contributed by atoms with Crippen LogP contribution < -0.4 is 15.5 Å². The Morgan fingerprint density at radius 2 is 1.76 bits per heavy atom. The topological polar surface area (TPSA) is 100 Å². The van der Waals surface area contributed by atoms with Crippen molar-refractivity contribution in [1.82, 2.24) is 5.43 Å². The quantitative estimate of drug-likeness (QED) is 0.450. The zero-order valence-electron chi connectivity index (χ0n) is 14.2. The van der Waals surface area contributed by atoms with E-state index in [1.807, 2.05) is 19.9 Å². The number of anilines is 1. The molecule has 0 saturated carbocycles. The van der Waals surface area contributed by atoms with Crippen molar-refractivity contribution >= 4 is 23.7 Å². The molecule has 0 radical (unpaired) electrons. The second-order valence-corrected chi connectivity index (χ2v) is 5.46. The summed E-state index contributed by atoms with van der Waals surface area (Å²) in [5.41, 5.74) is 5.24. The van der Waals surface area contributed by atoms with Gasteiger partial charge in [0.15, 0.2) is 11.5 Å². The number of ether oxygens (including phenoxy) is 1. The molecule has 0 aliphatic heterocycles. The number of hydrogen-bond donors (Lipinski definition) is 3. The van der Waals surface area contributed by atoms with Crippen LogP contribution in [0.1, 0.15) is 16.7 Å². The number of benzene rings is 2. The van der Waals surface area contributed by atoms with Crippen LogP contribution in [0.3, 0.4) is 0 Å². The first kappa shape index (κ1) is 18.0. The van der Waals surface area contributed by atoms with Crippen molar-refractivity contribution < 1.29 is 19.4 Å². The van der Waals surface area contributed by atoms with Crippen molar-refractivity contribution in [2.24, 2.45) is 5.10 Å². The molecule has 0 heterocycles. The monoisotopic (exact) mass is 341 g/mol. The Bertz CT molecular complexity index is 811. The van der Waals surface area contributed by atoms with Gasteiger partial charge in [-0.2, -0.15) is 5.10 Å². The lowest BCUT2D eigenvalue weighted by molar-refractivity contribution is -0.136. The van der Waals surface area contributed by atoms with Crippen LogP contribution in [0.4, 0.5) is 5.69 Å². The molecule has 2 aromatic carbocycles. The third kappa shape index (κ3) is 5.07. The Labute approximate surface area is 145 Å². The summed E-state index contributed by atoms with van der Waals surface area (Å²) >= 11 is 0. The van der Waals surface area contributed by atoms with Gasteiger partial charge in [-0.15, -0.1) is 0 Å². The summed E-state index contributed by atoms with van der Waals surface area (Å²) in [6.45, 7) is 3.80. The van der Waals surface area contributed by atoms with E-state index in [0.717, 1.165) is 11.1 Å². The summed E-state index contributed by atoms with van der Waals surface area (Å²) in [5, 5.41) is 15.7. The molecule has 0 aliphatic rings.